The van der Waals surface area contributed by atoms with E-state index >= 15 is 0 Å². The predicted molar refractivity (Wildman–Crippen MR) is 124 cm³/mol. The lowest BCUT2D eigenvalue weighted by Gasteiger charge is -2.38. The van der Waals surface area contributed by atoms with Gasteiger partial charge in [0, 0.05) is 44.5 Å². The van der Waals surface area contributed by atoms with Crippen LogP contribution in [0.25, 0.3) is 0 Å². The molecule has 7 nitrogen and oxygen atoms in total. The number of nitrogens with one attached hydrogen (secondary N) is 1. The van der Waals surface area contributed by atoms with Gasteiger partial charge in [0.15, 0.2) is 0 Å². The van der Waals surface area contributed by atoms with E-state index in [-0.39, 0.29) is 5.91 Å². The van der Waals surface area contributed by atoms with Crippen LogP contribution in [0.3, 0.4) is 0 Å². The zero-order chi connectivity index (χ0) is 22.5. The summed E-state index contributed by atoms with van der Waals surface area (Å²) in [4.78, 5) is 17.9. The van der Waals surface area contributed by atoms with Crippen molar-refractivity contribution in [2.24, 2.45) is 0 Å². The van der Waals surface area contributed by atoms with Gasteiger partial charge in [0.05, 0.1) is 17.8 Å². The maximum absolute atomic E-state index is 13.4. The quantitative estimate of drug-likeness (QED) is 0.578. The van der Waals surface area contributed by atoms with Crippen LogP contribution in [0.4, 0.5) is 5.69 Å². The second-order valence-corrected chi connectivity index (χ2v) is 8.30. The first-order chi connectivity index (χ1) is 15.5. The summed E-state index contributed by atoms with van der Waals surface area (Å²) in [6, 6.07) is 16.7. The fourth-order valence-electron chi connectivity index (χ4n) is 4.02. The molecule has 1 atom stereocenters. The molecule has 0 unspecified atom stereocenters. The third kappa shape index (κ3) is 5.30. The van der Waals surface area contributed by atoms with Gasteiger partial charge in [-0.1, -0.05) is 47.1 Å². The SMILES string of the molecule is COc1ccc(NC(=O)[C@@H](c2ccccc2)N2CCN(Cc3cc(C)on3)CC2)cc1Cl. The van der Waals surface area contributed by atoms with E-state index in [9.17, 15) is 4.79 Å². The molecule has 32 heavy (non-hydrogen) atoms. The number of nitrogens with zero attached hydrogens (tertiary/aromatic N) is 3. The van der Waals surface area contributed by atoms with Crippen LogP contribution in [0.2, 0.25) is 5.02 Å². The number of carbonyl (C=O) groups is 1. The maximum atomic E-state index is 13.4. The summed E-state index contributed by atoms with van der Waals surface area (Å²) in [6.07, 6.45) is 0. The molecule has 1 aliphatic rings. The zero-order valence-corrected chi connectivity index (χ0v) is 19.0. The minimum atomic E-state index is -0.395. The molecule has 0 radical (unpaired) electrons. The molecule has 4 rings (SSSR count). The van der Waals surface area contributed by atoms with Crippen LogP contribution in [-0.4, -0.2) is 54.2 Å². The summed E-state index contributed by atoms with van der Waals surface area (Å²) in [6.45, 7) is 5.87. The van der Waals surface area contributed by atoms with Crippen molar-refractivity contribution in [1.82, 2.24) is 15.0 Å². The average Bonchev–Trinajstić information content (AvgIpc) is 3.20. The number of rotatable bonds is 7. The van der Waals surface area contributed by atoms with Crippen LogP contribution in [0.15, 0.2) is 59.1 Å². The highest BCUT2D eigenvalue weighted by Crippen LogP contribution is 2.29. The Balaban J connectivity index is 1.46. The number of ether oxygens (including phenoxy) is 1. The molecular weight excluding hydrogens is 428 g/mol. The number of anilines is 1. The van der Waals surface area contributed by atoms with E-state index < -0.39 is 6.04 Å². The Kier molecular flexibility index (Phi) is 7.09. The summed E-state index contributed by atoms with van der Waals surface area (Å²) in [7, 11) is 1.56. The first-order valence-electron chi connectivity index (χ1n) is 10.6. The van der Waals surface area contributed by atoms with Crippen molar-refractivity contribution in [3.05, 3.63) is 76.6 Å². The van der Waals surface area contributed by atoms with Gasteiger partial charge in [-0.3, -0.25) is 14.6 Å². The minimum Gasteiger partial charge on any atom is -0.495 e. The molecule has 2 heterocycles. The fourth-order valence-corrected chi connectivity index (χ4v) is 4.28. The molecule has 8 heteroatoms. The lowest BCUT2D eigenvalue weighted by Crippen LogP contribution is -2.49. The van der Waals surface area contributed by atoms with Crippen molar-refractivity contribution in [1.29, 1.82) is 0 Å². The van der Waals surface area contributed by atoms with Gasteiger partial charge < -0.3 is 14.6 Å². The van der Waals surface area contributed by atoms with E-state index in [1.165, 1.54) is 0 Å². The van der Waals surface area contributed by atoms with E-state index in [2.05, 4.69) is 20.3 Å². The Bertz CT molecular complexity index is 1050. The molecule has 3 aromatic rings. The monoisotopic (exact) mass is 454 g/mol. The van der Waals surface area contributed by atoms with Crippen molar-refractivity contribution in [2.45, 2.75) is 19.5 Å². The molecule has 2 aromatic carbocycles. The molecular formula is C24H27ClN4O3. The van der Waals surface area contributed by atoms with Crippen molar-refractivity contribution < 1.29 is 14.1 Å². The highest BCUT2D eigenvalue weighted by Gasteiger charge is 2.30. The van der Waals surface area contributed by atoms with Crippen LogP contribution in [0, 0.1) is 6.92 Å². The van der Waals surface area contributed by atoms with E-state index in [1.807, 2.05) is 43.3 Å². The Morgan fingerprint density at radius 2 is 1.91 bits per heavy atom. The summed E-state index contributed by atoms with van der Waals surface area (Å²) in [5, 5.41) is 7.58. The number of piperazine rings is 1. The number of hydrogen-bond donors (Lipinski definition) is 1. The normalized spacial score (nSPS) is 16.0. The second kappa shape index (κ2) is 10.2. The Hall–Kier alpha value is -2.87. The molecule has 0 spiro atoms. The van der Waals surface area contributed by atoms with Crippen LogP contribution >= 0.6 is 11.6 Å². The van der Waals surface area contributed by atoms with Crippen molar-refractivity contribution in [2.75, 3.05) is 38.6 Å². The maximum Gasteiger partial charge on any atom is 0.246 e. The summed E-state index contributed by atoms with van der Waals surface area (Å²) < 4.78 is 10.4. The van der Waals surface area contributed by atoms with E-state index in [0.29, 0.717) is 16.5 Å². The summed E-state index contributed by atoms with van der Waals surface area (Å²) in [5.41, 5.74) is 2.54. The third-order valence-corrected chi connectivity index (χ3v) is 5.91. The molecule has 0 aliphatic carbocycles. The number of carbonyl (C=O) groups excluding carboxylic acids is 1. The van der Waals surface area contributed by atoms with Crippen molar-refractivity contribution >= 4 is 23.2 Å². The van der Waals surface area contributed by atoms with Gasteiger partial charge >= 0.3 is 0 Å². The zero-order valence-electron chi connectivity index (χ0n) is 18.3. The van der Waals surface area contributed by atoms with E-state index in [0.717, 1.165) is 49.7 Å². The van der Waals surface area contributed by atoms with E-state index in [4.69, 9.17) is 20.9 Å². The Labute approximate surface area is 192 Å². The predicted octanol–water partition coefficient (Wildman–Crippen LogP) is 4.14. The topological polar surface area (TPSA) is 70.8 Å². The molecule has 168 valence electrons. The van der Waals surface area contributed by atoms with Gasteiger partial charge in [0.1, 0.15) is 17.6 Å². The van der Waals surface area contributed by atoms with Gasteiger partial charge in [-0.05, 0) is 30.7 Å². The van der Waals surface area contributed by atoms with Gasteiger partial charge in [-0.15, -0.1) is 0 Å². The van der Waals surface area contributed by atoms with Crippen LogP contribution in [0.1, 0.15) is 23.1 Å². The molecule has 1 saturated heterocycles. The van der Waals surface area contributed by atoms with Crippen LogP contribution in [-0.2, 0) is 11.3 Å². The number of amides is 1. The number of aryl methyl sites for hydroxylation is 1. The molecule has 1 amide bonds. The lowest BCUT2D eigenvalue weighted by molar-refractivity contribution is -0.122. The van der Waals surface area contributed by atoms with Gasteiger partial charge in [0.2, 0.25) is 5.91 Å². The Morgan fingerprint density at radius 3 is 2.53 bits per heavy atom. The highest BCUT2D eigenvalue weighted by atomic mass is 35.5. The molecule has 1 aliphatic heterocycles. The first-order valence-corrected chi connectivity index (χ1v) is 11.0. The number of methoxy groups -OCH3 is 1. The fraction of sp³-hybridized carbons (Fsp3) is 0.333. The molecule has 0 saturated carbocycles. The van der Waals surface area contributed by atoms with Gasteiger partial charge in [0.25, 0.3) is 0 Å². The highest BCUT2D eigenvalue weighted by molar-refractivity contribution is 6.32. The molecule has 1 aromatic heterocycles. The second-order valence-electron chi connectivity index (χ2n) is 7.89. The lowest BCUT2D eigenvalue weighted by atomic mass is 10.0. The number of benzene rings is 2. The smallest absolute Gasteiger partial charge is 0.246 e. The van der Waals surface area contributed by atoms with Gasteiger partial charge in [-0.25, -0.2) is 0 Å². The minimum absolute atomic E-state index is 0.0852. The van der Waals surface area contributed by atoms with Crippen LogP contribution in [0.5, 0.6) is 5.75 Å². The standard InChI is InChI=1S/C24H27ClN4O3/c1-17-14-20(27-32-17)16-28-10-12-29(13-11-28)23(18-6-4-3-5-7-18)24(30)26-19-8-9-22(31-2)21(25)15-19/h3-9,14-15,23H,10-13,16H2,1-2H3,(H,26,30)/t23-/m1/s1. The Morgan fingerprint density at radius 1 is 1.16 bits per heavy atom. The van der Waals surface area contributed by atoms with E-state index in [1.54, 1.807) is 25.3 Å². The molecule has 1 fully saturated rings. The first kappa shape index (κ1) is 22.3. The summed E-state index contributed by atoms with van der Waals surface area (Å²) in [5.74, 6) is 1.30. The largest absolute Gasteiger partial charge is 0.495 e. The van der Waals surface area contributed by atoms with Crippen molar-refractivity contribution in [3.8, 4) is 5.75 Å². The number of halogens is 1. The van der Waals surface area contributed by atoms with Crippen molar-refractivity contribution in [3.63, 3.8) is 0 Å². The van der Waals surface area contributed by atoms with Gasteiger partial charge in [-0.2, -0.15) is 0 Å². The number of hydrogen-bond acceptors (Lipinski definition) is 6. The van der Waals surface area contributed by atoms with Crippen LogP contribution < -0.4 is 10.1 Å². The molecule has 0 bridgehead atoms. The third-order valence-electron chi connectivity index (χ3n) is 5.62. The summed E-state index contributed by atoms with van der Waals surface area (Å²) >= 11 is 6.24. The number of aromatic nitrogens is 1. The molecule has 1 N–H and O–H groups in total. The average molecular weight is 455 g/mol.